The summed E-state index contributed by atoms with van der Waals surface area (Å²) in [5.41, 5.74) is 8.53. The van der Waals surface area contributed by atoms with E-state index in [2.05, 4.69) is 0 Å². The third kappa shape index (κ3) is 2.93. The van der Waals surface area contributed by atoms with Crippen LogP contribution in [-0.2, 0) is 6.42 Å². The fourth-order valence-corrected chi connectivity index (χ4v) is 1.91. The molecule has 0 aliphatic rings. The lowest BCUT2D eigenvalue weighted by Gasteiger charge is -2.12. The Kier molecular flexibility index (Phi) is 3.91. The van der Waals surface area contributed by atoms with Crippen molar-refractivity contribution in [1.82, 2.24) is 0 Å². The van der Waals surface area contributed by atoms with E-state index in [1.54, 1.807) is 0 Å². The molecular weight excluding hydrogens is 210 g/mol. The normalized spacial score (nSPS) is 12.4. The molecule has 17 heavy (non-hydrogen) atoms. The average molecular weight is 227 g/mol. The number of rotatable bonds is 4. The van der Waals surface area contributed by atoms with E-state index in [0.29, 0.717) is 6.54 Å². The zero-order valence-corrected chi connectivity index (χ0v) is 9.71. The smallest absolute Gasteiger partial charge is 0.104 e. The Labute approximate surface area is 102 Å². The van der Waals surface area contributed by atoms with Crippen LogP contribution in [0.1, 0.15) is 22.8 Å². The Morgan fingerprint density at radius 2 is 1.65 bits per heavy atom. The average Bonchev–Trinajstić information content (AvgIpc) is 2.40. The predicted octanol–water partition coefficient (Wildman–Crippen LogP) is 2.27. The van der Waals surface area contributed by atoms with Crippen LogP contribution in [0.2, 0.25) is 0 Å². The Bertz CT molecular complexity index is 467. The quantitative estimate of drug-likeness (QED) is 0.841. The molecule has 0 aliphatic heterocycles. The maximum Gasteiger partial charge on any atom is 0.104 e. The van der Waals surface area contributed by atoms with Crippen molar-refractivity contribution in [3.63, 3.8) is 0 Å². The van der Waals surface area contributed by atoms with Gasteiger partial charge >= 0.3 is 0 Å². The van der Waals surface area contributed by atoms with Gasteiger partial charge in [0.2, 0.25) is 0 Å². The lowest BCUT2D eigenvalue weighted by atomic mass is 9.99. The van der Waals surface area contributed by atoms with Gasteiger partial charge in [-0.15, -0.1) is 0 Å². The van der Waals surface area contributed by atoms with Crippen molar-refractivity contribution < 1.29 is 5.11 Å². The molecule has 0 saturated heterocycles. The van der Waals surface area contributed by atoms with Crippen LogP contribution < -0.4 is 5.73 Å². The number of hydrogen-bond acceptors (Lipinski definition) is 2. The number of hydrogen-bond donors (Lipinski definition) is 2. The summed E-state index contributed by atoms with van der Waals surface area (Å²) in [4.78, 5) is 0. The fourth-order valence-electron chi connectivity index (χ4n) is 1.91. The molecule has 0 fully saturated rings. The number of nitrogens with two attached hydrogens (primary N) is 1. The second kappa shape index (κ2) is 5.62. The molecular formula is C15H17NO. The molecule has 2 rings (SSSR count). The van der Waals surface area contributed by atoms with Crippen LogP contribution in [0.25, 0.3) is 0 Å². The monoisotopic (exact) mass is 227 g/mol. The van der Waals surface area contributed by atoms with Crippen molar-refractivity contribution in [1.29, 1.82) is 0 Å². The summed E-state index contributed by atoms with van der Waals surface area (Å²) in [6, 6.07) is 17.6. The molecule has 0 heterocycles. The highest BCUT2D eigenvalue weighted by Crippen LogP contribution is 2.22. The number of aliphatic hydroxyl groups excluding tert-OH is 1. The van der Waals surface area contributed by atoms with Crippen LogP contribution >= 0.6 is 0 Å². The molecule has 2 heteroatoms. The Balaban J connectivity index is 2.25. The molecule has 88 valence electrons. The Morgan fingerprint density at radius 3 is 2.35 bits per heavy atom. The lowest BCUT2D eigenvalue weighted by Crippen LogP contribution is -2.04. The maximum absolute atomic E-state index is 10.3. The van der Waals surface area contributed by atoms with E-state index in [1.807, 2.05) is 54.6 Å². The lowest BCUT2D eigenvalue weighted by molar-refractivity contribution is 0.220. The molecule has 0 bridgehead atoms. The summed E-state index contributed by atoms with van der Waals surface area (Å²) >= 11 is 0. The van der Waals surface area contributed by atoms with E-state index < -0.39 is 6.10 Å². The van der Waals surface area contributed by atoms with E-state index in [-0.39, 0.29) is 0 Å². The first-order valence-electron chi connectivity index (χ1n) is 5.83. The molecule has 0 aromatic heterocycles. The van der Waals surface area contributed by atoms with Crippen molar-refractivity contribution in [2.24, 2.45) is 5.73 Å². The second-order valence-electron chi connectivity index (χ2n) is 4.10. The molecule has 0 amide bonds. The van der Waals surface area contributed by atoms with Crippen LogP contribution in [-0.4, -0.2) is 11.7 Å². The van der Waals surface area contributed by atoms with Gasteiger partial charge in [0.05, 0.1) is 0 Å². The van der Waals surface area contributed by atoms with Crippen LogP contribution in [0.15, 0.2) is 54.6 Å². The fraction of sp³-hybridized carbons (Fsp3) is 0.200. The molecule has 2 aromatic carbocycles. The van der Waals surface area contributed by atoms with Crippen LogP contribution in [0, 0.1) is 0 Å². The second-order valence-corrected chi connectivity index (χ2v) is 4.10. The first-order valence-corrected chi connectivity index (χ1v) is 5.83. The first kappa shape index (κ1) is 11.8. The molecule has 1 unspecified atom stereocenters. The van der Waals surface area contributed by atoms with E-state index in [1.165, 1.54) is 5.56 Å². The van der Waals surface area contributed by atoms with Gasteiger partial charge in [-0.2, -0.15) is 0 Å². The molecule has 2 aromatic rings. The minimum Gasteiger partial charge on any atom is -0.384 e. The Morgan fingerprint density at radius 1 is 0.941 bits per heavy atom. The van der Waals surface area contributed by atoms with Gasteiger partial charge in [-0.25, -0.2) is 0 Å². The largest absolute Gasteiger partial charge is 0.384 e. The highest BCUT2D eigenvalue weighted by atomic mass is 16.3. The molecule has 1 atom stereocenters. The molecule has 2 nitrogen and oxygen atoms in total. The minimum absolute atomic E-state index is 0.561. The minimum atomic E-state index is -0.561. The first-order chi connectivity index (χ1) is 8.31. The molecule has 0 radical (unpaired) electrons. The molecule has 0 spiro atoms. The van der Waals surface area contributed by atoms with Gasteiger partial charge < -0.3 is 10.8 Å². The zero-order chi connectivity index (χ0) is 12.1. The summed E-state index contributed by atoms with van der Waals surface area (Å²) < 4.78 is 0. The maximum atomic E-state index is 10.3. The van der Waals surface area contributed by atoms with Crippen molar-refractivity contribution >= 4 is 0 Å². The van der Waals surface area contributed by atoms with Gasteiger partial charge in [0.1, 0.15) is 6.10 Å². The van der Waals surface area contributed by atoms with Crippen molar-refractivity contribution in [3.8, 4) is 0 Å². The standard InChI is InChI=1S/C15H17NO/c16-10-9-12-5-4-8-14(11-12)15(17)13-6-2-1-3-7-13/h1-8,11,15,17H,9-10,16H2. The van der Waals surface area contributed by atoms with E-state index in [0.717, 1.165) is 17.5 Å². The summed E-state index contributed by atoms with van der Waals surface area (Å²) in [7, 11) is 0. The van der Waals surface area contributed by atoms with Crippen LogP contribution in [0.5, 0.6) is 0 Å². The van der Waals surface area contributed by atoms with Gasteiger partial charge in [0.25, 0.3) is 0 Å². The third-order valence-electron chi connectivity index (χ3n) is 2.82. The van der Waals surface area contributed by atoms with Gasteiger partial charge in [-0.3, -0.25) is 0 Å². The summed E-state index contributed by atoms with van der Waals surface area (Å²) in [6.45, 7) is 0.630. The van der Waals surface area contributed by atoms with E-state index in [9.17, 15) is 5.11 Å². The number of benzene rings is 2. The van der Waals surface area contributed by atoms with Crippen molar-refractivity contribution in [2.75, 3.05) is 6.54 Å². The summed E-state index contributed by atoms with van der Waals surface area (Å²) in [5, 5.41) is 10.3. The zero-order valence-electron chi connectivity index (χ0n) is 9.71. The van der Waals surface area contributed by atoms with Gasteiger partial charge in [-0.05, 0) is 29.7 Å². The predicted molar refractivity (Wildman–Crippen MR) is 69.7 cm³/mol. The summed E-state index contributed by atoms with van der Waals surface area (Å²) in [5.74, 6) is 0. The van der Waals surface area contributed by atoms with Crippen molar-refractivity contribution in [3.05, 3.63) is 71.3 Å². The molecule has 0 aliphatic carbocycles. The van der Waals surface area contributed by atoms with E-state index in [4.69, 9.17) is 5.73 Å². The Hall–Kier alpha value is -1.64. The highest BCUT2D eigenvalue weighted by molar-refractivity contribution is 5.32. The highest BCUT2D eigenvalue weighted by Gasteiger charge is 2.09. The molecule has 3 N–H and O–H groups in total. The third-order valence-corrected chi connectivity index (χ3v) is 2.82. The van der Waals surface area contributed by atoms with Crippen LogP contribution in [0.4, 0.5) is 0 Å². The molecule has 0 saturated carbocycles. The summed E-state index contributed by atoms with van der Waals surface area (Å²) in [6.07, 6.45) is 0.281. The topological polar surface area (TPSA) is 46.2 Å². The van der Waals surface area contributed by atoms with Gasteiger partial charge in [-0.1, -0.05) is 54.6 Å². The number of aliphatic hydroxyl groups is 1. The SMILES string of the molecule is NCCc1cccc(C(O)c2ccccc2)c1. The van der Waals surface area contributed by atoms with Gasteiger partial charge in [0, 0.05) is 0 Å². The van der Waals surface area contributed by atoms with E-state index >= 15 is 0 Å². The van der Waals surface area contributed by atoms with Gasteiger partial charge in [0.15, 0.2) is 0 Å². The van der Waals surface area contributed by atoms with Crippen LogP contribution in [0.3, 0.4) is 0 Å². The van der Waals surface area contributed by atoms with Crippen molar-refractivity contribution in [2.45, 2.75) is 12.5 Å².